The molecule has 124 valence electrons. The van der Waals surface area contributed by atoms with Gasteiger partial charge in [-0.05, 0) is 25.1 Å². The Morgan fingerprint density at radius 2 is 2.18 bits per heavy atom. The molecule has 0 spiro atoms. The van der Waals surface area contributed by atoms with Crippen molar-refractivity contribution in [3.8, 4) is 11.5 Å². The topological polar surface area (TPSA) is 68.8 Å². The molecule has 0 radical (unpaired) electrons. The van der Waals surface area contributed by atoms with Crippen LogP contribution < -0.4 is 20.1 Å². The van der Waals surface area contributed by atoms with E-state index in [4.69, 9.17) is 14.2 Å². The summed E-state index contributed by atoms with van der Waals surface area (Å²) in [6.07, 6.45) is -0.133. The maximum atomic E-state index is 12.2. The summed E-state index contributed by atoms with van der Waals surface area (Å²) in [7, 11) is 3.21. The van der Waals surface area contributed by atoms with Crippen molar-refractivity contribution in [3.05, 3.63) is 23.8 Å². The first-order chi connectivity index (χ1) is 10.2. The molecule has 2 atom stereocenters. The molecule has 1 heterocycles. The van der Waals surface area contributed by atoms with Crippen molar-refractivity contribution in [2.24, 2.45) is 0 Å². The number of carbonyl (C=O) groups excluding carboxylic acids is 1. The Bertz CT molecular complexity index is 498. The lowest BCUT2D eigenvalue weighted by atomic mass is 10.1. The van der Waals surface area contributed by atoms with Gasteiger partial charge in [0.1, 0.15) is 17.5 Å². The van der Waals surface area contributed by atoms with Crippen molar-refractivity contribution in [2.75, 3.05) is 27.4 Å². The highest BCUT2D eigenvalue weighted by Gasteiger charge is 2.28. The quantitative estimate of drug-likeness (QED) is 0.846. The van der Waals surface area contributed by atoms with Gasteiger partial charge in [0.05, 0.1) is 26.9 Å². The number of morpholine rings is 1. The van der Waals surface area contributed by atoms with Gasteiger partial charge in [0.15, 0.2) is 0 Å². The van der Waals surface area contributed by atoms with Gasteiger partial charge >= 0.3 is 0 Å². The molecule has 2 rings (SSSR count). The minimum absolute atomic E-state index is 0. The van der Waals surface area contributed by atoms with E-state index in [9.17, 15) is 4.79 Å². The van der Waals surface area contributed by atoms with Gasteiger partial charge in [-0.2, -0.15) is 0 Å². The van der Waals surface area contributed by atoms with E-state index in [1.807, 2.05) is 25.1 Å². The van der Waals surface area contributed by atoms with E-state index in [0.29, 0.717) is 19.7 Å². The monoisotopic (exact) mass is 330 g/mol. The molecule has 0 aliphatic carbocycles. The smallest absolute Gasteiger partial charge is 0.240 e. The fourth-order valence-corrected chi connectivity index (χ4v) is 2.34. The van der Waals surface area contributed by atoms with E-state index in [0.717, 1.165) is 17.1 Å². The maximum Gasteiger partial charge on any atom is 0.240 e. The molecule has 22 heavy (non-hydrogen) atoms. The zero-order chi connectivity index (χ0) is 15.2. The summed E-state index contributed by atoms with van der Waals surface area (Å²) in [4.78, 5) is 12.2. The second-order valence-electron chi connectivity index (χ2n) is 4.90. The lowest BCUT2D eigenvalue weighted by molar-refractivity contribution is -0.129. The predicted molar refractivity (Wildman–Crippen MR) is 85.8 cm³/mol. The van der Waals surface area contributed by atoms with Crippen LogP contribution in [0.15, 0.2) is 18.2 Å². The minimum Gasteiger partial charge on any atom is -0.497 e. The van der Waals surface area contributed by atoms with Crippen molar-refractivity contribution >= 4 is 18.3 Å². The van der Waals surface area contributed by atoms with Crippen LogP contribution in [0.1, 0.15) is 12.5 Å². The van der Waals surface area contributed by atoms with Crippen LogP contribution in [0.25, 0.3) is 0 Å². The van der Waals surface area contributed by atoms with Crippen molar-refractivity contribution < 1.29 is 19.0 Å². The van der Waals surface area contributed by atoms with Crippen molar-refractivity contribution in [3.63, 3.8) is 0 Å². The van der Waals surface area contributed by atoms with Crippen LogP contribution in [0.3, 0.4) is 0 Å². The van der Waals surface area contributed by atoms with Crippen LogP contribution in [0, 0.1) is 0 Å². The Labute approximate surface area is 136 Å². The Kier molecular flexibility index (Phi) is 7.44. The predicted octanol–water partition coefficient (Wildman–Crippen LogP) is 1.12. The molecule has 1 fully saturated rings. The summed E-state index contributed by atoms with van der Waals surface area (Å²) in [6.45, 7) is 3.59. The summed E-state index contributed by atoms with van der Waals surface area (Å²) < 4.78 is 16.0. The van der Waals surface area contributed by atoms with E-state index < -0.39 is 0 Å². The number of halogens is 1. The van der Waals surface area contributed by atoms with Crippen LogP contribution in [-0.4, -0.2) is 45.4 Å². The number of amides is 1. The average Bonchev–Trinajstić information content (AvgIpc) is 2.52. The molecule has 7 heteroatoms. The highest BCUT2D eigenvalue weighted by Crippen LogP contribution is 2.23. The first-order valence-corrected chi connectivity index (χ1v) is 6.99. The summed E-state index contributed by atoms with van der Waals surface area (Å²) >= 11 is 0. The van der Waals surface area contributed by atoms with E-state index in [1.54, 1.807) is 14.2 Å². The number of nitrogens with one attached hydrogen (secondary N) is 2. The standard InChI is InChI=1S/C15H22N2O4.ClH/c1-10-14(16-6-7-21-10)15(18)17-9-11-8-12(19-2)4-5-13(11)20-3;/h4-5,8,10,14,16H,6-7,9H2,1-3H3,(H,17,18);1H/t10-,14+;/m1./s1. The normalized spacial score (nSPS) is 20.7. The molecule has 1 aromatic rings. The number of rotatable bonds is 5. The number of benzene rings is 1. The van der Waals surface area contributed by atoms with Gasteiger partial charge in [0, 0.05) is 18.7 Å². The molecule has 0 aromatic heterocycles. The number of methoxy groups -OCH3 is 2. The Hall–Kier alpha value is -1.50. The van der Waals surface area contributed by atoms with Gasteiger partial charge in [-0.3, -0.25) is 4.79 Å². The zero-order valence-electron chi connectivity index (χ0n) is 13.0. The summed E-state index contributed by atoms with van der Waals surface area (Å²) in [5, 5.41) is 6.07. The highest BCUT2D eigenvalue weighted by molar-refractivity contribution is 5.85. The Balaban J connectivity index is 0.00000242. The summed E-state index contributed by atoms with van der Waals surface area (Å²) in [6, 6.07) is 5.18. The number of hydrogen-bond acceptors (Lipinski definition) is 5. The first kappa shape index (κ1) is 18.5. The van der Waals surface area contributed by atoms with Gasteiger partial charge in [-0.25, -0.2) is 0 Å². The van der Waals surface area contributed by atoms with Crippen LogP contribution in [0.5, 0.6) is 11.5 Å². The number of ether oxygens (including phenoxy) is 3. The molecule has 1 saturated heterocycles. The second-order valence-corrected chi connectivity index (χ2v) is 4.90. The molecule has 6 nitrogen and oxygen atoms in total. The number of carbonyl (C=O) groups is 1. The van der Waals surface area contributed by atoms with Crippen molar-refractivity contribution in [2.45, 2.75) is 25.6 Å². The van der Waals surface area contributed by atoms with E-state index in [1.165, 1.54) is 0 Å². The Morgan fingerprint density at radius 1 is 1.41 bits per heavy atom. The molecule has 1 aliphatic rings. The molecule has 1 aliphatic heterocycles. The van der Waals surface area contributed by atoms with Crippen LogP contribution in [-0.2, 0) is 16.1 Å². The molecule has 2 N–H and O–H groups in total. The van der Waals surface area contributed by atoms with E-state index >= 15 is 0 Å². The third-order valence-corrected chi connectivity index (χ3v) is 3.54. The third kappa shape index (κ3) is 4.50. The van der Waals surface area contributed by atoms with Gasteiger partial charge in [0.2, 0.25) is 5.91 Å². The van der Waals surface area contributed by atoms with Crippen LogP contribution in [0.4, 0.5) is 0 Å². The lowest BCUT2D eigenvalue weighted by Gasteiger charge is -2.29. The van der Waals surface area contributed by atoms with Gasteiger partial charge in [-0.15, -0.1) is 12.4 Å². The largest absolute Gasteiger partial charge is 0.497 e. The average molecular weight is 331 g/mol. The zero-order valence-corrected chi connectivity index (χ0v) is 13.9. The first-order valence-electron chi connectivity index (χ1n) is 6.99. The molecule has 1 aromatic carbocycles. The van der Waals surface area contributed by atoms with Crippen molar-refractivity contribution in [1.82, 2.24) is 10.6 Å². The molecule has 0 unspecified atom stereocenters. The van der Waals surface area contributed by atoms with Gasteiger partial charge in [0.25, 0.3) is 0 Å². The molecular weight excluding hydrogens is 308 g/mol. The summed E-state index contributed by atoms with van der Waals surface area (Å²) in [5.41, 5.74) is 0.870. The van der Waals surface area contributed by atoms with E-state index in [-0.39, 0.29) is 30.5 Å². The fourth-order valence-electron chi connectivity index (χ4n) is 2.34. The SMILES string of the molecule is COc1ccc(OC)c(CNC(=O)[C@H]2NCCO[C@@H]2C)c1.Cl. The van der Waals surface area contributed by atoms with E-state index in [2.05, 4.69) is 10.6 Å². The highest BCUT2D eigenvalue weighted by atomic mass is 35.5. The maximum absolute atomic E-state index is 12.2. The third-order valence-electron chi connectivity index (χ3n) is 3.54. The lowest BCUT2D eigenvalue weighted by Crippen LogP contribution is -2.55. The molecular formula is C15H23ClN2O4. The minimum atomic E-state index is -0.324. The summed E-state index contributed by atoms with van der Waals surface area (Å²) in [5.74, 6) is 1.37. The second kappa shape index (κ2) is 8.82. The van der Waals surface area contributed by atoms with Gasteiger partial charge < -0.3 is 24.8 Å². The number of hydrogen-bond donors (Lipinski definition) is 2. The molecule has 0 bridgehead atoms. The van der Waals surface area contributed by atoms with Crippen LogP contribution >= 0.6 is 12.4 Å². The fraction of sp³-hybridized carbons (Fsp3) is 0.533. The Morgan fingerprint density at radius 3 is 2.82 bits per heavy atom. The van der Waals surface area contributed by atoms with Crippen molar-refractivity contribution in [1.29, 1.82) is 0 Å². The molecule has 0 saturated carbocycles. The molecule has 1 amide bonds. The van der Waals surface area contributed by atoms with Crippen LogP contribution in [0.2, 0.25) is 0 Å². The van der Waals surface area contributed by atoms with Gasteiger partial charge in [-0.1, -0.05) is 0 Å².